The van der Waals surface area contributed by atoms with E-state index in [0.717, 1.165) is 11.4 Å². The van der Waals surface area contributed by atoms with Crippen LogP contribution in [-0.2, 0) is 0 Å². The smallest absolute Gasteiger partial charge is 0.134 e. The van der Waals surface area contributed by atoms with Gasteiger partial charge in [0.1, 0.15) is 5.75 Å². The highest BCUT2D eigenvalue weighted by Gasteiger charge is 2.11. The Labute approximate surface area is 109 Å². The Morgan fingerprint density at radius 2 is 2.24 bits per heavy atom. The Kier molecular flexibility index (Phi) is 3.54. The molecular weight excluding hydrogens is 256 g/mol. The van der Waals surface area contributed by atoms with E-state index in [1.165, 1.54) is 4.88 Å². The van der Waals surface area contributed by atoms with Gasteiger partial charge in [0.15, 0.2) is 0 Å². The zero-order valence-corrected chi connectivity index (χ0v) is 11.1. The molecular formula is C12H13ClN2OS. The van der Waals surface area contributed by atoms with E-state index in [1.54, 1.807) is 29.5 Å². The van der Waals surface area contributed by atoms with Crippen LogP contribution in [0.3, 0.4) is 0 Å². The number of benzene rings is 1. The number of hydrogen-bond donors (Lipinski definition) is 2. The lowest BCUT2D eigenvalue weighted by molar-refractivity contribution is 0.475. The topological polar surface area (TPSA) is 45.2 Å². The van der Waals surface area contributed by atoms with E-state index >= 15 is 0 Å². The molecule has 0 aliphatic heterocycles. The molecule has 17 heavy (non-hydrogen) atoms. The Bertz CT molecular complexity index is 527. The maximum Gasteiger partial charge on any atom is 0.134 e. The maximum atomic E-state index is 9.34. The number of aromatic nitrogens is 1. The molecule has 0 radical (unpaired) electrons. The number of anilines is 1. The molecule has 0 spiro atoms. The number of aromatic hydroxyl groups is 1. The lowest BCUT2D eigenvalue weighted by atomic mass is 10.2. The van der Waals surface area contributed by atoms with Gasteiger partial charge in [-0.15, -0.1) is 11.3 Å². The number of phenolic OH excluding ortho intramolecular Hbond substituents is 1. The van der Waals surface area contributed by atoms with Gasteiger partial charge in [0, 0.05) is 10.6 Å². The van der Waals surface area contributed by atoms with E-state index in [0.29, 0.717) is 5.02 Å². The third kappa shape index (κ3) is 2.70. The number of phenols is 1. The number of nitrogens with zero attached hydrogens (tertiary/aromatic N) is 1. The van der Waals surface area contributed by atoms with Gasteiger partial charge >= 0.3 is 0 Å². The average molecular weight is 269 g/mol. The third-order valence-corrected chi connectivity index (χ3v) is 3.92. The summed E-state index contributed by atoms with van der Waals surface area (Å²) in [6.07, 6.45) is 0. The standard InChI is InChI=1S/C12H13ClN2OS/c1-7-12(17-6-14-7)8(2)15-9-3-4-11(16)10(13)5-9/h3-6,8,15-16H,1-2H3. The number of nitrogens with one attached hydrogen (secondary N) is 1. The normalized spacial score (nSPS) is 12.4. The summed E-state index contributed by atoms with van der Waals surface area (Å²) in [6.45, 7) is 4.06. The van der Waals surface area contributed by atoms with Crippen molar-refractivity contribution in [2.24, 2.45) is 0 Å². The van der Waals surface area contributed by atoms with Crippen LogP contribution in [-0.4, -0.2) is 10.1 Å². The second-order valence-electron chi connectivity index (χ2n) is 3.83. The Morgan fingerprint density at radius 3 is 2.82 bits per heavy atom. The van der Waals surface area contributed by atoms with Crippen LogP contribution in [0.2, 0.25) is 5.02 Å². The maximum absolute atomic E-state index is 9.34. The summed E-state index contributed by atoms with van der Waals surface area (Å²) in [7, 11) is 0. The molecule has 0 aliphatic rings. The zero-order chi connectivity index (χ0) is 12.4. The molecule has 2 rings (SSSR count). The van der Waals surface area contributed by atoms with Crippen LogP contribution in [0.4, 0.5) is 5.69 Å². The minimum atomic E-state index is 0.0961. The van der Waals surface area contributed by atoms with Gasteiger partial charge in [-0.3, -0.25) is 0 Å². The monoisotopic (exact) mass is 268 g/mol. The summed E-state index contributed by atoms with van der Waals surface area (Å²) in [4.78, 5) is 5.43. The molecule has 0 aliphatic carbocycles. The van der Waals surface area contributed by atoms with Gasteiger partial charge < -0.3 is 10.4 Å². The van der Waals surface area contributed by atoms with Crippen LogP contribution >= 0.6 is 22.9 Å². The summed E-state index contributed by atoms with van der Waals surface area (Å²) in [5, 5.41) is 13.0. The van der Waals surface area contributed by atoms with E-state index in [-0.39, 0.29) is 11.8 Å². The second-order valence-corrected chi connectivity index (χ2v) is 5.13. The van der Waals surface area contributed by atoms with E-state index in [1.807, 2.05) is 12.4 Å². The molecule has 0 amide bonds. The summed E-state index contributed by atoms with van der Waals surface area (Å²) in [6, 6.07) is 5.26. The number of rotatable bonds is 3. The minimum Gasteiger partial charge on any atom is -0.506 e. The molecule has 2 aromatic rings. The van der Waals surface area contributed by atoms with E-state index in [9.17, 15) is 5.11 Å². The van der Waals surface area contributed by atoms with Crippen molar-refractivity contribution in [3.63, 3.8) is 0 Å². The molecule has 90 valence electrons. The highest BCUT2D eigenvalue weighted by molar-refractivity contribution is 7.09. The molecule has 3 nitrogen and oxygen atoms in total. The molecule has 1 atom stereocenters. The Hall–Kier alpha value is -1.26. The van der Waals surface area contributed by atoms with Crippen LogP contribution in [0, 0.1) is 6.92 Å². The first-order valence-corrected chi connectivity index (χ1v) is 6.48. The molecule has 1 unspecified atom stereocenters. The summed E-state index contributed by atoms with van der Waals surface area (Å²) in [5.74, 6) is 0.0961. The Morgan fingerprint density at radius 1 is 1.47 bits per heavy atom. The summed E-state index contributed by atoms with van der Waals surface area (Å²) < 4.78 is 0. The highest BCUT2D eigenvalue weighted by atomic mass is 35.5. The first kappa shape index (κ1) is 12.2. The van der Waals surface area contributed by atoms with Crippen LogP contribution < -0.4 is 5.32 Å². The predicted octanol–water partition coefficient (Wildman–Crippen LogP) is 3.98. The minimum absolute atomic E-state index is 0.0961. The van der Waals surface area contributed by atoms with Crippen molar-refractivity contribution < 1.29 is 5.11 Å². The largest absolute Gasteiger partial charge is 0.506 e. The average Bonchev–Trinajstić information content (AvgIpc) is 2.70. The molecule has 0 saturated heterocycles. The molecule has 0 bridgehead atoms. The summed E-state index contributed by atoms with van der Waals surface area (Å²) >= 11 is 7.48. The first-order chi connectivity index (χ1) is 8.08. The number of aryl methyl sites for hydroxylation is 1. The molecule has 1 aromatic heterocycles. The highest BCUT2D eigenvalue weighted by Crippen LogP contribution is 2.29. The van der Waals surface area contributed by atoms with Gasteiger partial charge in [-0.2, -0.15) is 0 Å². The quantitative estimate of drug-likeness (QED) is 0.828. The van der Waals surface area contributed by atoms with E-state index < -0.39 is 0 Å². The lowest BCUT2D eigenvalue weighted by Crippen LogP contribution is -2.06. The van der Waals surface area contributed by atoms with Gasteiger partial charge in [-0.05, 0) is 32.0 Å². The molecule has 2 N–H and O–H groups in total. The molecule has 0 fully saturated rings. The fourth-order valence-electron chi connectivity index (χ4n) is 1.64. The van der Waals surface area contributed by atoms with Crippen molar-refractivity contribution >= 4 is 28.6 Å². The SMILES string of the molecule is Cc1ncsc1C(C)Nc1ccc(O)c(Cl)c1. The lowest BCUT2D eigenvalue weighted by Gasteiger charge is -2.14. The van der Waals surface area contributed by atoms with Crippen molar-refractivity contribution in [1.29, 1.82) is 0 Å². The molecule has 1 aromatic carbocycles. The number of hydrogen-bond acceptors (Lipinski definition) is 4. The molecule has 5 heteroatoms. The zero-order valence-electron chi connectivity index (χ0n) is 9.57. The van der Waals surface area contributed by atoms with Crippen LogP contribution in [0.25, 0.3) is 0 Å². The molecule has 0 saturated carbocycles. The van der Waals surface area contributed by atoms with Crippen LogP contribution in [0.15, 0.2) is 23.7 Å². The first-order valence-electron chi connectivity index (χ1n) is 5.23. The van der Waals surface area contributed by atoms with Crippen molar-refractivity contribution in [2.75, 3.05) is 5.32 Å². The van der Waals surface area contributed by atoms with Gasteiger partial charge in [0.2, 0.25) is 0 Å². The van der Waals surface area contributed by atoms with Gasteiger partial charge in [0.05, 0.1) is 22.3 Å². The van der Waals surface area contributed by atoms with Crippen molar-refractivity contribution in [3.8, 4) is 5.75 Å². The fourth-order valence-corrected chi connectivity index (χ4v) is 2.63. The predicted molar refractivity (Wildman–Crippen MR) is 72.0 cm³/mol. The van der Waals surface area contributed by atoms with Crippen LogP contribution in [0.1, 0.15) is 23.5 Å². The fraction of sp³-hybridized carbons (Fsp3) is 0.250. The van der Waals surface area contributed by atoms with Crippen molar-refractivity contribution in [1.82, 2.24) is 4.98 Å². The van der Waals surface area contributed by atoms with Gasteiger partial charge in [-0.25, -0.2) is 4.98 Å². The third-order valence-electron chi connectivity index (χ3n) is 2.51. The number of thiazole rings is 1. The van der Waals surface area contributed by atoms with Crippen LogP contribution in [0.5, 0.6) is 5.75 Å². The van der Waals surface area contributed by atoms with Crippen molar-refractivity contribution in [3.05, 3.63) is 39.3 Å². The van der Waals surface area contributed by atoms with Gasteiger partial charge in [-0.1, -0.05) is 11.6 Å². The second kappa shape index (κ2) is 4.94. The summed E-state index contributed by atoms with van der Waals surface area (Å²) in [5.41, 5.74) is 3.76. The number of halogens is 1. The molecule has 1 heterocycles. The van der Waals surface area contributed by atoms with Crippen molar-refractivity contribution in [2.45, 2.75) is 19.9 Å². The van der Waals surface area contributed by atoms with E-state index in [4.69, 9.17) is 11.6 Å². The van der Waals surface area contributed by atoms with Gasteiger partial charge in [0.25, 0.3) is 0 Å². The Balaban J connectivity index is 2.16. The van der Waals surface area contributed by atoms with E-state index in [2.05, 4.69) is 17.2 Å².